The van der Waals surface area contributed by atoms with Gasteiger partial charge in [0, 0.05) is 5.56 Å². The lowest BCUT2D eigenvalue weighted by molar-refractivity contribution is -0.133. The van der Waals surface area contributed by atoms with Gasteiger partial charge in [-0.1, -0.05) is 12.1 Å². The fourth-order valence-corrected chi connectivity index (χ4v) is 2.61. The largest absolute Gasteiger partial charge is 0.507 e. The number of ether oxygens (including phenoxy) is 1. The van der Waals surface area contributed by atoms with Crippen LogP contribution in [0.1, 0.15) is 17.2 Å². The fourth-order valence-electron chi connectivity index (χ4n) is 2.61. The molecule has 1 aliphatic rings. The first kappa shape index (κ1) is 15.7. The molecule has 3 rings (SSSR count). The number of hydrogen-bond acceptors (Lipinski definition) is 4. The number of benzene rings is 2. The van der Waals surface area contributed by atoms with E-state index < -0.39 is 23.5 Å². The first-order chi connectivity index (χ1) is 11.5. The number of methoxy groups -OCH3 is 1. The lowest BCUT2D eigenvalue weighted by Crippen LogP contribution is -2.21. The average molecular weight is 327 g/mol. The van der Waals surface area contributed by atoms with Gasteiger partial charge in [-0.3, -0.25) is 9.59 Å². The monoisotopic (exact) mass is 327 g/mol. The van der Waals surface area contributed by atoms with E-state index in [-0.39, 0.29) is 11.3 Å². The Kier molecular flexibility index (Phi) is 4.04. The third kappa shape index (κ3) is 2.74. The van der Waals surface area contributed by atoms with Gasteiger partial charge in [-0.2, -0.15) is 0 Å². The molecule has 2 aromatic carbocycles. The highest BCUT2D eigenvalue weighted by molar-refractivity contribution is 6.46. The second kappa shape index (κ2) is 6.16. The van der Waals surface area contributed by atoms with Crippen molar-refractivity contribution in [3.63, 3.8) is 0 Å². The zero-order chi connectivity index (χ0) is 17.3. The molecule has 0 aromatic heterocycles. The van der Waals surface area contributed by atoms with Gasteiger partial charge in [0.2, 0.25) is 0 Å². The molecule has 0 spiro atoms. The Bertz CT molecular complexity index is 842. The number of carbonyl (C=O) groups is 2. The van der Waals surface area contributed by atoms with Crippen molar-refractivity contribution in [3.8, 4) is 5.75 Å². The van der Waals surface area contributed by atoms with E-state index in [2.05, 4.69) is 5.32 Å². The van der Waals surface area contributed by atoms with Crippen molar-refractivity contribution in [2.75, 3.05) is 7.11 Å². The lowest BCUT2D eigenvalue weighted by Gasteiger charge is -2.14. The summed E-state index contributed by atoms with van der Waals surface area (Å²) in [7, 11) is 1.51. The van der Waals surface area contributed by atoms with Crippen LogP contribution in [0.15, 0.2) is 54.1 Å². The van der Waals surface area contributed by atoms with Gasteiger partial charge in [0.05, 0.1) is 18.7 Å². The van der Waals surface area contributed by atoms with Crippen LogP contribution in [-0.2, 0) is 9.59 Å². The summed E-state index contributed by atoms with van der Waals surface area (Å²) >= 11 is 0. The van der Waals surface area contributed by atoms with Crippen LogP contribution in [0.4, 0.5) is 4.39 Å². The Labute approximate surface area is 137 Å². The van der Waals surface area contributed by atoms with E-state index in [9.17, 15) is 19.1 Å². The average Bonchev–Trinajstić information content (AvgIpc) is 2.89. The smallest absolute Gasteiger partial charge is 0.293 e. The van der Waals surface area contributed by atoms with Gasteiger partial charge < -0.3 is 15.2 Å². The van der Waals surface area contributed by atoms with Gasteiger partial charge in [-0.25, -0.2) is 4.39 Å². The molecule has 1 atom stereocenters. The van der Waals surface area contributed by atoms with E-state index in [0.717, 1.165) is 0 Å². The summed E-state index contributed by atoms with van der Waals surface area (Å²) in [6, 6.07) is 11.0. The van der Waals surface area contributed by atoms with E-state index in [1.807, 2.05) is 0 Å². The number of halogens is 1. The molecule has 1 aliphatic heterocycles. The zero-order valence-corrected chi connectivity index (χ0v) is 12.7. The van der Waals surface area contributed by atoms with Crippen LogP contribution in [0.2, 0.25) is 0 Å². The van der Waals surface area contributed by atoms with Crippen LogP contribution in [0.25, 0.3) is 5.76 Å². The highest BCUT2D eigenvalue weighted by Gasteiger charge is 2.39. The Morgan fingerprint density at radius 3 is 2.50 bits per heavy atom. The molecule has 5 nitrogen and oxygen atoms in total. The molecule has 0 unspecified atom stereocenters. The minimum Gasteiger partial charge on any atom is -0.507 e. The number of rotatable bonds is 3. The van der Waals surface area contributed by atoms with E-state index in [0.29, 0.717) is 16.9 Å². The van der Waals surface area contributed by atoms with E-state index in [4.69, 9.17) is 4.74 Å². The van der Waals surface area contributed by atoms with Crippen molar-refractivity contribution in [1.29, 1.82) is 0 Å². The van der Waals surface area contributed by atoms with Crippen molar-refractivity contribution < 1.29 is 23.8 Å². The summed E-state index contributed by atoms with van der Waals surface area (Å²) in [5.41, 5.74) is 0.636. The lowest BCUT2D eigenvalue weighted by atomic mass is 9.96. The number of amides is 1. The maximum Gasteiger partial charge on any atom is 0.293 e. The van der Waals surface area contributed by atoms with Crippen molar-refractivity contribution in [2.45, 2.75) is 6.04 Å². The molecule has 1 saturated heterocycles. The molecule has 0 saturated carbocycles. The maximum absolute atomic E-state index is 13.5. The molecule has 0 radical (unpaired) electrons. The minimum atomic E-state index is -0.900. The number of hydrogen-bond donors (Lipinski definition) is 2. The number of Topliss-reactive ketones (excluding diaryl/α,β-unsaturated/α-hetero) is 1. The van der Waals surface area contributed by atoms with Crippen LogP contribution in [0.5, 0.6) is 5.75 Å². The molecule has 122 valence electrons. The predicted molar refractivity (Wildman–Crippen MR) is 84.8 cm³/mol. The summed E-state index contributed by atoms with van der Waals surface area (Å²) in [4.78, 5) is 23.9. The van der Waals surface area contributed by atoms with Gasteiger partial charge in [0.25, 0.3) is 11.7 Å². The Morgan fingerprint density at radius 2 is 1.88 bits per heavy atom. The van der Waals surface area contributed by atoms with E-state index in [1.165, 1.54) is 25.3 Å². The zero-order valence-electron chi connectivity index (χ0n) is 12.7. The van der Waals surface area contributed by atoms with Crippen molar-refractivity contribution in [1.82, 2.24) is 5.32 Å². The Morgan fingerprint density at radius 1 is 1.17 bits per heavy atom. The molecule has 6 heteroatoms. The first-order valence-electron chi connectivity index (χ1n) is 7.19. The summed E-state index contributed by atoms with van der Waals surface area (Å²) in [6.45, 7) is 0. The standard InChI is InChI=1S/C18H14FNO4/c1-24-13-7-5-10(6-8-13)16(21)14-15(20-18(23)17(14)22)11-3-2-4-12(19)9-11/h2-9,15,21H,1H3,(H,20,23)/t15-/m0/s1. The van der Waals surface area contributed by atoms with Crippen LogP contribution in [-0.4, -0.2) is 23.9 Å². The van der Waals surface area contributed by atoms with Crippen LogP contribution in [0, 0.1) is 5.82 Å². The molecule has 2 aromatic rings. The predicted octanol–water partition coefficient (Wildman–Crippen LogP) is 2.54. The number of aliphatic hydroxyl groups is 1. The molecule has 1 fully saturated rings. The maximum atomic E-state index is 13.5. The molecule has 24 heavy (non-hydrogen) atoms. The summed E-state index contributed by atoms with van der Waals surface area (Å²) in [6.07, 6.45) is 0. The Hall–Kier alpha value is -3.15. The third-order valence-electron chi connectivity index (χ3n) is 3.82. The molecular formula is C18H14FNO4. The van der Waals surface area contributed by atoms with Crippen molar-refractivity contribution in [3.05, 3.63) is 71.0 Å². The third-order valence-corrected chi connectivity index (χ3v) is 3.82. The fraction of sp³-hybridized carbons (Fsp3) is 0.111. The van der Waals surface area contributed by atoms with Crippen molar-refractivity contribution >= 4 is 17.4 Å². The summed E-state index contributed by atoms with van der Waals surface area (Å²) in [5.74, 6) is -1.90. The summed E-state index contributed by atoms with van der Waals surface area (Å²) < 4.78 is 18.5. The molecule has 0 bridgehead atoms. The van der Waals surface area contributed by atoms with Crippen LogP contribution < -0.4 is 10.1 Å². The second-order valence-electron chi connectivity index (χ2n) is 5.28. The number of ketones is 1. The van der Waals surface area contributed by atoms with E-state index in [1.54, 1.807) is 30.3 Å². The molecule has 1 amide bonds. The van der Waals surface area contributed by atoms with E-state index >= 15 is 0 Å². The Balaban J connectivity index is 2.09. The first-order valence-corrected chi connectivity index (χ1v) is 7.19. The molecule has 1 heterocycles. The van der Waals surface area contributed by atoms with Crippen LogP contribution >= 0.6 is 0 Å². The van der Waals surface area contributed by atoms with Gasteiger partial charge in [0.1, 0.15) is 17.3 Å². The normalized spacial score (nSPS) is 19.2. The highest BCUT2D eigenvalue weighted by Crippen LogP contribution is 2.33. The van der Waals surface area contributed by atoms with Gasteiger partial charge in [-0.05, 0) is 42.0 Å². The topological polar surface area (TPSA) is 75.6 Å². The molecular weight excluding hydrogens is 313 g/mol. The quantitative estimate of drug-likeness (QED) is 0.516. The van der Waals surface area contributed by atoms with Gasteiger partial charge in [-0.15, -0.1) is 0 Å². The molecule has 0 aliphatic carbocycles. The number of aliphatic hydroxyl groups excluding tert-OH is 1. The minimum absolute atomic E-state index is 0.101. The van der Waals surface area contributed by atoms with Crippen LogP contribution in [0.3, 0.4) is 0 Å². The highest BCUT2D eigenvalue weighted by atomic mass is 19.1. The number of nitrogens with one attached hydrogen (secondary N) is 1. The van der Waals surface area contributed by atoms with Gasteiger partial charge >= 0.3 is 0 Å². The second-order valence-corrected chi connectivity index (χ2v) is 5.28. The summed E-state index contributed by atoms with van der Waals surface area (Å²) in [5, 5.41) is 13.0. The van der Waals surface area contributed by atoms with Gasteiger partial charge in [0.15, 0.2) is 0 Å². The molecule has 2 N–H and O–H groups in total. The SMILES string of the molecule is COc1ccc(C(O)=C2C(=O)C(=O)N[C@H]2c2cccc(F)c2)cc1. The van der Waals surface area contributed by atoms with Crippen molar-refractivity contribution in [2.24, 2.45) is 0 Å². The number of carbonyl (C=O) groups excluding carboxylic acids is 2.